The molecule has 1 amide bonds. The Labute approximate surface area is 146 Å². The van der Waals surface area contributed by atoms with Crippen LogP contribution in [-0.2, 0) is 11.2 Å². The Morgan fingerprint density at radius 2 is 1.96 bits per heavy atom. The van der Waals surface area contributed by atoms with Gasteiger partial charge in [-0.05, 0) is 17.7 Å². The first-order valence-electron chi connectivity index (χ1n) is 6.60. The predicted molar refractivity (Wildman–Crippen MR) is 90.7 cm³/mol. The van der Waals surface area contributed by atoms with Crippen molar-refractivity contribution in [1.82, 2.24) is 5.43 Å². The minimum atomic E-state index is -0.517. The molecular weight excluding hydrogens is 357 g/mol. The highest BCUT2D eigenvalue weighted by Gasteiger charge is 2.08. The van der Waals surface area contributed by atoms with E-state index >= 15 is 0 Å². The lowest BCUT2D eigenvalue weighted by Gasteiger charge is -2.03. The first kappa shape index (κ1) is 17.7. The van der Waals surface area contributed by atoms with Gasteiger partial charge in [-0.1, -0.05) is 35.3 Å². The van der Waals surface area contributed by atoms with Crippen LogP contribution in [0, 0.1) is 10.1 Å². The maximum absolute atomic E-state index is 11.8. The van der Waals surface area contributed by atoms with Crippen molar-refractivity contribution in [3.8, 4) is 5.75 Å². The van der Waals surface area contributed by atoms with Crippen molar-refractivity contribution in [2.45, 2.75) is 6.42 Å². The number of benzene rings is 2. The molecule has 0 aromatic heterocycles. The molecule has 0 atom stereocenters. The SMILES string of the molecule is O=C(Cc1ccc([N+](=O)[O-])cc1)NN=Cc1cc(Cl)cc(Cl)c1O. The Balaban J connectivity index is 1.97. The van der Waals surface area contributed by atoms with Gasteiger partial charge in [0.05, 0.1) is 22.6 Å². The summed E-state index contributed by atoms with van der Waals surface area (Å²) in [4.78, 5) is 21.8. The molecule has 0 heterocycles. The third-order valence-corrected chi connectivity index (χ3v) is 3.47. The van der Waals surface area contributed by atoms with E-state index in [1.165, 1.54) is 42.6 Å². The van der Waals surface area contributed by atoms with Gasteiger partial charge in [0.25, 0.3) is 5.69 Å². The summed E-state index contributed by atoms with van der Waals surface area (Å²) >= 11 is 11.6. The fraction of sp³-hybridized carbons (Fsp3) is 0.0667. The quantitative estimate of drug-likeness (QED) is 0.480. The van der Waals surface area contributed by atoms with Gasteiger partial charge in [-0.3, -0.25) is 14.9 Å². The number of hydrazone groups is 1. The number of rotatable bonds is 5. The third kappa shape index (κ3) is 4.68. The van der Waals surface area contributed by atoms with Crippen molar-refractivity contribution in [3.05, 3.63) is 67.7 Å². The van der Waals surface area contributed by atoms with Crippen LogP contribution in [0.5, 0.6) is 5.75 Å². The van der Waals surface area contributed by atoms with E-state index in [9.17, 15) is 20.0 Å². The number of amides is 1. The molecule has 0 fully saturated rings. The summed E-state index contributed by atoms with van der Waals surface area (Å²) in [6.45, 7) is 0. The summed E-state index contributed by atoms with van der Waals surface area (Å²) in [6, 6.07) is 8.43. The molecule has 0 radical (unpaired) electrons. The van der Waals surface area contributed by atoms with E-state index in [1.807, 2.05) is 0 Å². The maximum atomic E-state index is 11.8. The summed E-state index contributed by atoms with van der Waals surface area (Å²) in [6.07, 6.45) is 1.21. The first-order chi connectivity index (χ1) is 11.4. The minimum absolute atomic E-state index is 0.00236. The molecule has 0 aliphatic carbocycles. The van der Waals surface area contributed by atoms with Gasteiger partial charge in [-0.25, -0.2) is 5.43 Å². The average Bonchev–Trinajstić information content (AvgIpc) is 2.52. The first-order valence-corrected chi connectivity index (χ1v) is 7.35. The van der Waals surface area contributed by atoms with Gasteiger partial charge in [0, 0.05) is 22.7 Å². The molecule has 0 saturated heterocycles. The number of aromatic hydroxyl groups is 1. The van der Waals surface area contributed by atoms with E-state index in [2.05, 4.69) is 10.5 Å². The zero-order chi connectivity index (χ0) is 17.7. The minimum Gasteiger partial charge on any atom is -0.506 e. The molecule has 2 rings (SSSR count). The van der Waals surface area contributed by atoms with Gasteiger partial charge >= 0.3 is 0 Å². The van der Waals surface area contributed by atoms with Crippen LogP contribution < -0.4 is 5.43 Å². The van der Waals surface area contributed by atoms with E-state index in [4.69, 9.17) is 23.2 Å². The predicted octanol–water partition coefficient (Wildman–Crippen LogP) is 3.30. The number of phenolic OH excluding ortho intramolecular Hbond substituents is 1. The fourth-order valence-electron chi connectivity index (χ4n) is 1.82. The summed E-state index contributed by atoms with van der Waals surface area (Å²) in [5.74, 6) is -0.623. The third-order valence-electron chi connectivity index (χ3n) is 2.96. The molecule has 7 nitrogen and oxygen atoms in total. The Hall–Kier alpha value is -2.64. The zero-order valence-corrected chi connectivity index (χ0v) is 13.6. The average molecular weight is 368 g/mol. The number of carbonyl (C=O) groups is 1. The van der Waals surface area contributed by atoms with E-state index in [1.54, 1.807) is 0 Å². The lowest BCUT2D eigenvalue weighted by Crippen LogP contribution is -2.19. The second kappa shape index (κ2) is 7.76. The monoisotopic (exact) mass is 367 g/mol. The van der Waals surface area contributed by atoms with E-state index in [-0.39, 0.29) is 28.4 Å². The number of nitro benzene ring substituents is 1. The Morgan fingerprint density at radius 3 is 2.58 bits per heavy atom. The number of hydrogen-bond donors (Lipinski definition) is 2. The van der Waals surface area contributed by atoms with Crippen LogP contribution in [0.2, 0.25) is 10.0 Å². The lowest BCUT2D eigenvalue weighted by molar-refractivity contribution is -0.384. The normalized spacial score (nSPS) is 10.8. The number of hydrogen-bond acceptors (Lipinski definition) is 5. The molecule has 24 heavy (non-hydrogen) atoms. The highest BCUT2D eigenvalue weighted by atomic mass is 35.5. The molecule has 0 bridgehead atoms. The zero-order valence-electron chi connectivity index (χ0n) is 12.1. The van der Waals surface area contributed by atoms with Crippen molar-refractivity contribution in [2.75, 3.05) is 0 Å². The van der Waals surface area contributed by atoms with Crippen LogP contribution in [0.25, 0.3) is 0 Å². The van der Waals surface area contributed by atoms with Crippen LogP contribution in [0.3, 0.4) is 0 Å². The molecule has 124 valence electrons. The molecule has 9 heteroatoms. The van der Waals surface area contributed by atoms with Crippen molar-refractivity contribution in [2.24, 2.45) is 5.10 Å². The fourth-order valence-corrected chi connectivity index (χ4v) is 2.33. The summed E-state index contributed by atoms with van der Waals surface area (Å²) < 4.78 is 0. The second-order valence-corrected chi connectivity index (χ2v) is 5.56. The number of nitro groups is 1. The number of nitrogens with zero attached hydrogens (tertiary/aromatic N) is 2. The topological polar surface area (TPSA) is 105 Å². The second-order valence-electron chi connectivity index (χ2n) is 4.72. The van der Waals surface area contributed by atoms with Crippen LogP contribution >= 0.6 is 23.2 Å². The molecule has 0 aliphatic heterocycles. The maximum Gasteiger partial charge on any atom is 0.269 e. The van der Waals surface area contributed by atoms with Gasteiger partial charge in [0.15, 0.2) is 0 Å². The molecule has 0 spiro atoms. The number of phenols is 1. The Kier molecular flexibility index (Phi) is 5.73. The molecule has 2 aromatic carbocycles. The van der Waals surface area contributed by atoms with Crippen LogP contribution in [0.1, 0.15) is 11.1 Å². The van der Waals surface area contributed by atoms with Gasteiger partial charge < -0.3 is 5.11 Å². The smallest absolute Gasteiger partial charge is 0.269 e. The van der Waals surface area contributed by atoms with E-state index in [0.29, 0.717) is 10.6 Å². The standard InChI is InChI=1S/C15H11Cl2N3O4/c16-11-6-10(15(22)13(17)7-11)8-18-19-14(21)5-9-1-3-12(4-2-9)20(23)24/h1-4,6-8,22H,5H2,(H,19,21). The molecule has 0 unspecified atom stereocenters. The van der Waals surface area contributed by atoms with Gasteiger partial charge in [-0.2, -0.15) is 5.10 Å². The highest BCUT2D eigenvalue weighted by molar-refractivity contribution is 6.36. The number of nitrogens with one attached hydrogen (secondary N) is 1. The molecular formula is C15H11Cl2N3O4. The van der Waals surface area contributed by atoms with Gasteiger partial charge in [-0.15, -0.1) is 0 Å². The summed E-state index contributed by atoms with van der Waals surface area (Å²) in [5, 5.41) is 24.4. The lowest BCUT2D eigenvalue weighted by atomic mass is 10.1. The van der Waals surface area contributed by atoms with Crippen LogP contribution in [-0.4, -0.2) is 22.2 Å². The van der Waals surface area contributed by atoms with Crippen LogP contribution in [0.15, 0.2) is 41.5 Å². The van der Waals surface area contributed by atoms with Crippen LogP contribution in [0.4, 0.5) is 5.69 Å². The molecule has 2 N–H and O–H groups in total. The van der Waals surface area contributed by atoms with Crippen molar-refractivity contribution < 1.29 is 14.8 Å². The van der Waals surface area contributed by atoms with Gasteiger partial charge in [0.1, 0.15) is 5.75 Å². The van der Waals surface area contributed by atoms with Gasteiger partial charge in [0.2, 0.25) is 5.91 Å². The van der Waals surface area contributed by atoms with Crippen molar-refractivity contribution in [1.29, 1.82) is 0 Å². The Bertz CT molecular complexity index is 807. The number of non-ortho nitro benzene ring substituents is 1. The van der Waals surface area contributed by atoms with Crippen molar-refractivity contribution in [3.63, 3.8) is 0 Å². The molecule has 2 aromatic rings. The van der Waals surface area contributed by atoms with E-state index in [0.717, 1.165) is 0 Å². The summed E-state index contributed by atoms with van der Waals surface area (Å²) in [7, 11) is 0. The molecule has 0 saturated carbocycles. The Morgan fingerprint density at radius 1 is 1.29 bits per heavy atom. The largest absolute Gasteiger partial charge is 0.506 e. The highest BCUT2D eigenvalue weighted by Crippen LogP contribution is 2.29. The number of halogens is 2. The molecule has 0 aliphatic rings. The van der Waals surface area contributed by atoms with E-state index < -0.39 is 10.8 Å². The number of carbonyl (C=O) groups excluding carboxylic acids is 1. The van der Waals surface area contributed by atoms with Crippen molar-refractivity contribution >= 4 is 41.0 Å². The summed E-state index contributed by atoms with van der Waals surface area (Å²) in [5.41, 5.74) is 3.08.